The summed E-state index contributed by atoms with van der Waals surface area (Å²) in [5, 5.41) is 4.11. The van der Waals surface area contributed by atoms with Crippen molar-refractivity contribution in [1.82, 2.24) is 14.4 Å². The Bertz CT molecular complexity index is 1220. The molecule has 1 aromatic heterocycles. The van der Waals surface area contributed by atoms with Crippen LogP contribution in [0.5, 0.6) is 23.0 Å². The highest BCUT2D eigenvalue weighted by Crippen LogP contribution is 2.41. The molecule has 0 aliphatic carbocycles. The Balaban J connectivity index is 1.57. The third-order valence-corrected chi connectivity index (χ3v) is 7.67. The third-order valence-electron chi connectivity index (χ3n) is 5.80. The zero-order valence-corrected chi connectivity index (χ0v) is 20.3. The molecule has 10 nitrogen and oxygen atoms in total. The second-order valence-corrected chi connectivity index (χ2v) is 9.69. The van der Waals surface area contributed by atoms with Crippen molar-refractivity contribution < 1.29 is 31.9 Å². The van der Waals surface area contributed by atoms with Crippen LogP contribution in [0.2, 0.25) is 0 Å². The highest BCUT2D eigenvalue weighted by Gasteiger charge is 2.33. The molecular formula is C23H27N3O7S. The summed E-state index contributed by atoms with van der Waals surface area (Å²) in [6.45, 7) is 0.685. The number of hydrogen-bond acceptors (Lipinski definition) is 9. The first-order chi connectivity index (χ1) is 16.4. The Morgan fingerprint density at radius 2 is 1.65 bits per heavy atom. The fourth-order valence-corrected chi connectivity index (χ4v) is 5.51. The molecule has 0 unspecified atom stereocenters. The number of hydrogen-bond donors (Lipinski definition) is 0. The molecule has 182 valence electrons. The molecule has 1 fully saturated rings. The molecule has 0 amide bonds. The quantitative estimate of drug-likeness (QED) is 0.470. The van der Waals surface area contributed by atoms with E-state index in [9.17, 15) is 8.42 Å². The van der Waals surface area contributed by atoms with Crippen molar-refractivity contribution >= 4 is 10.0 Å². The van der Waals surface area contributed by atoms with Crippen molar-refractivity contribution in [3.8, 4) is 34.4 Å². The fraction of sp³-hybridized carbons (Fsp3) is 0.391. The van der Waals surface area contributed by atoms with Crippen LogP contribution in [0.15, 0.2) is 45.8 Å². The minimum Gasteiger partial charge on any atom is -0.497 e. The Labute approximate surface area is 198 Å². The maximum Gasteiger partial charge on any atom is 0.243 e. The molecule has 2 aromatic carbocycles. The van der Waals surface area contributed by atoms with E-state index in [4.69, 9.17) is 23.5 Å². The lowest BCUT2D eigenvalue weighted by Gasteiger charge is -2.30. The zero-order valence-electron chi connectivity index (χ0n) is 19.5. The Morgan fingerprint density at radius 1 is 0.971 bits per heavy atom. The van der Waals surface area contributed by atoms with E-state index in [0.29, 0.717) is 53.2 Å². The summed E-state index contributed by atoms with van der Waals surface area (Å²) in [4.78, 5) is 4.77. The predicted molar refractivity (Wildman–Crippen MR) is 123 cm³/mol. The summed E-state index contributed by atoms with van der Waals surface area (Å²) in [6.07, 6.45) is 1.42. The molecule has 0 saturated carbocycles. The molecular weight excluding hydrogens is 462 g/mol. The lowest BCUT2D eigenvalue weighted by atomic mass is 10.00. The molecule has 0 radical (unpaired) electrons. The van der Waals surface area contributed by atoms with Crippen LogP contribution >= 0.6 is 0 Å². The van der Waals surface area contributed by atoms with Gasteiger partial charge in [0.2, 0.25) is 27.5 Å². The van der Waals surface area contributed by atoms with E-state index in [-0.39, 0.29) is 17.4 Å². The van der Waals surface area contributed by atoms with Crippen LogP contribution in [-0.4, -0.2) is 64.4 Å². The van der Waals surface area contributed by atoms with Crippen molar-refractivity contribution in [1.29, 1.82) is 0 Å². The first kappa shape index (κ1) is 23.8. The zero-order chi connectivity index (χ0) is 24.3. The largest absolute Gasteiger partial charge is 0.497 e. The van der Waals surface area contributed by atoms with Gasteiger partial charge in [-0.1, -0.05) is 5.16 Å². The van der Waals surface area contributed by atoms with E-state index < -0.39 is 10.0 Å². The molecule has 4 rings (SSSR count). The number of aromatic nitrogens is 2. The molecule has 1 aliphatic rings. The monoisotopic (exact) mass is 489 g/mol. The van der Waals surface area contributed by atoms with Gasteiger partial charge in [0.25, 0.3) is 0 Å². The summed E-state index contributed by atoms with van der Waals surface area (Å²) in [7, 11) is 2.47. The highest BCUT2D eigenvalue weighted by atomic mass is 32.2. The van der Waals surface area contributed by atoms with Crippen molar-refractivity contribution in [2.45, 2.75) is 23.7 Å². The number of nitrogens with zero attached hydrogens (tertiary/aromatic N) is 3. The molecule has 2 heterocycles. The third kappa shape index (κ3) is 4.53. The van der Waals surface area contributed by atoms with Crippen LogP contribution in [0.3, 0.4) is 0 Å². The van der Waals surface area contributed by atoms with Gasteiger partial charge in [-0.3, -0.25) is 0 Å². The van der Waals surface area contributed by atoms with E-state index in [1.54, 1.807) is 36.4 Å². The van der Waals surface area contributed by atoms with Crippen LogP contribution in [0.4, 0.5) is 0 Å². The molecule has 11 heteroatoms. The second-order valence-electron chi connectivity index (χ2n) is 7.75. The molecule has 34 heavy (non-hydrogen) atoms. The van der Waals surface area contributed by atoms with Gasteiger partial charge in [0, 0.05) is 18.7 Å². The van der Waals surface area contributed by atoms with Crippen LogP contribution in [0.25, 0.3) is 11.4 Å². The number of rotatable bonds is 8. The van der Waals surface area contributed by atoms with Gasteiger partial charge in [0.1, 0.15) is 5.75 Å². The predicted octanol–water partition coefficient (Wildman–Crippen LogP) is 3.34. The van der Waals surface area contributed by atoms with Gasteiger partial charge in [-0.05, 0) is 49.2 Å². The molecule has 0 spiro atoms. The van der Waals surface area contributed by atoms with Gasteiger partial charge >= 0.3 is 0 Å². The second kappa shape index (κ2) is 9.90. The van der Waals surface area contributed by atoms with E-state index in [0.717, 1.165) is 6.42 Å². The summed E-state index contributed by atoms with van der Waals surface area (Å²) in [5.41, 5.74) is 0.628. The lowest BCUT2D eigenvalue weighted by molar-refractivity contribution is 0.265. The average Bonchev–Trinajstić information content (AvgIpc) is 3.38. The van der Waals surface area contributed by atoms with Crippen molar-refractivity contribution in [3.05, 3.63) is 42.3 Å². The first-order valence-electron chi connectivity index (χ1n) is 10.7. The SMILES string of the molecule is COc1ccc(S(=O)(=O)N2CCC[C@H](c3nc(-c4cc(OC)c(OC)c(OC)c4)no3)C2)cc1. The fourth-order valence-electron chi connectivity index (χ4n) is 3.99. The molecule has 0 bridgehead atoms. The summed E-state index contributed by atoms with van der Waals surface area (Å²) in [6, 6.07) is 9.83. The van der Waals surface area contributed by atoms with Gasteiger partial charge in [0.05, 0.1) is 39.3 Å². The smallest absolute Gasteiger partial charge is 0.243 e. The average molecular weight is 490 g/mol. The Kier molecular flexibility index (Phi) is 6.94. The number of piperidine rings is 1. The van der Waals surface area contributed by atoms with Crippen LogP contribution < -0.4 is 18.9 Å². The van der Waals surface area contributed by atoms with Crippen LogP contribution in [0.1, 0.15) is 24.7 Å². The van der Waals surface area contributed by atoms with Crippen molar-refractivity contribution in [3.63, 3.8) is 0 Å². The normalized spacial score (nSPS) is 16.8. The van der Waals surface area contributed by atoms with Gasteiger partial charge in [-0.15, -0.1) is 0 Å². The van der Waals surface area contributed by atoms with Gasteiger partial charge in [-0.25, -0.2) is 8.42 Å². The molecule has 3 aromatic rings. The van der Waals surface area contributed by atoms with Gasteiger partial charge in [0.15, 0.2) is 11.5 Å². The minimum atomic E-state index is -3.66. The van der Waals surface area contributed by atoms with Crippen molar-refractivity contribution in [2.75, 3.05) is 41.5 Å². The lowest BCUT2D eigenvalue weighted by Crippen LogP contribution is -2.39. The summed E-state index contributed by atoms with van der Waals surface area (Å²) >= 11 is 0. The number of benzene rings is 2. The maximum atomic E-state index is 13.2. The van der Waals surface area contributed by atoms with Gasteiger partial charge < -0.3 is 23.5 Å². The molecule has 1 saturated heterocycles. The van der Waals surface area contributed by atoms with E-state index in [1.165, 1.54) is 32.7 Å². The summed E-state index contributed by atoms with van der Waals surface area (Å²) in [5.74, 6) is 2.52. The topological polar surface area (TPSA) is 113 Å². The number of methoxy groups -OCH3 is 4. The maximum absolute atomic E-state index is 13.2. The minimum absolute atomic E-state index is 0.218. The molecule has 1 aliphatic heterocycles. The van der Waals surface area contributed by atoms with Crippen LogP contribution in [-0.2, 0) is 10.0 Å². The molecule has 0 N–H and O–H groups in total. The first-order valence-corrected chi connectivity index (χ1v) is 12.1. The number of ether oxygens (including phenoxy) is 4. The Morgan fingerprint density at radius 3 is 2.24 bits per heavy atom. The van der Waals surface area contributed by atoms with Crippen LogP contribution in [0, 0.1) is 0 Å². The standard InChI is InChI=1S/C23H27N3O7S/c1-29-17-7-9-18(10-8-17)34(27,28)26-11-5-6-15(14-26)23-24-22(25-33-23)16-12-19(30-2)21(32-4)20(13-16)31-3/h7-10,12-13,15H,5-6,11,14H2,1-4H3/t15-/m0/s1. The number of sulfonamides is 1. The van der Waals surface area contributed by atoms with E-state index in [1.807, 2.05) is 0 Å². The summed E-state index contributed by atoms with van der Waals surface area (Å²) < 4.78 is 54.6. The van der Waals surface area contributed by atoms with E-state index in [2.05, 4.69) is 10.1 Å². The van der Waals surface area contributed by atoms with Gasteiger partial charge in [-0.2, -0.15) is 9.29 Å². The molecule has 1 atom stereocenters. The van der Waals surface area contributed by atoms with Crippen molar-refractivity contribution in [2.24, 2.45) is 0 Å². The Hall–Kier alpha value is -3.31. The van der Waals surface area contributed by atoms with E-state index >= 15 is 0 Å². The highest BCUT2D eigenvalue weighted by molar-refractivity contribution is 7.89.